The lowest BCUT2D eigenvalue weighted by atomic mass is 10.2. The number of rotatable bonds is 8. The third-order valence-corrected chi connectivity index (χ3v) is 5.54. The van der Waals surface area contributed by atoms with E-state index in [9.17, 15) is 18.8 Å². The summed E-state index contributed by atoms with van der Waals surface area (Å²) in [6, 6.07) is 16.5. The Hall–Kier alpha value is -3.99. The average Bonchev–Trinajstić information content (AvgIpc) is 3.19. The summed E-state index contributed by atoms with van der Waals surface area (Å²) >= 11 is 1.20. The molecule has 0 aliphatic carbocycles. The number of H-pyrrole nitrogens is 2. The lowest BCUT2D eigenvalue weighted by molar-refractivity contribution is -0.118. The Balaban J connectivity index is 1.50. The van der Waals surface area contributed by atoms with E-state index in [1.807, 2.05) is 30.3 Å². The van der Waals surface area contributed by atoms with Crippen LogP contribution in [0.25, 0.3) is 5.69 Å². The van der Waals surface area contributed by atoms with Crippen LogP contribution in [0.5, 0.6) is 0 Å². The molecular weight excluding hydrogens is 447 g/mol. The fourth-order valence-electron chi connectivity index (χ4n) is 3.11. The van der Waals surface area contributed by atoms with Crippen molar-refractivity contribution < 1.29 is 9.18 Å². The lowest BCUT2D eigenvalue weighted by Gasteiger charge is -2.10. The maximum absolute atomic E-state index is 13.0. The number of hydrogen-bond donors (Lipinski definition) is 3. The molecule has 0 saturated carbocycles. The number of halogens is 1. The second-order valence-corrected chi connectivity index (χ2v) is 7.99. The second kappa shape index (κ2) is 10.1. The summed E-state index contributed by atoms with van der Waals surface area (Å²) in [4.78, 5) is 40.3. The second-order valence-electron chi connectivity index (χ2n) is 7.05. The van der Waals surface area contributed by atoms with Crippen LogP contribution in [0.4, 0.5) is 4.39 Å². The summed E-state index contributed by atoms with van der Waals surface area (Å²) in [5.74, 6) is 0.0403. The van der Waals surface area contributed by atoms with Crippen molar-refractivity contribution in [2.75, 3.05) is 5.75 Å². The fraction of sp³-hybridized carbons (Fsp3) is 0.136. The SMILES string of the molecule is O=C(CSc1nnc(Cc2cc(=O)[nH]c(=O)[nH]2)n1-c1ccccc1)NCc1ccc(F)cc1. The smallest absolute Gasteiger partial charge is 0.325 e. The summed E-state index contributed by atoms with van der Waals surface area (Å²) in [5.41, 5.74) is 0.847. The van der Waals surface area contributed by atoms with Crippen molar-refractivity contribution in [2.24, 2.45) is 0 Å². The normalized spacial score (nSPS) is 10.8. The number of carbonyl (C=O) groups is 1. The number of carbonyl (C=O) groups excluding carboxylic acids is 1. The summed E-state index contributed by atoms with van der Waals surface area (Å²) in [6.07, 6.45) is 0.165. The first-order chi connectivity index (χ1) is 16.0. The van der Waals surface area contributed by atoms with Crippen molar-refractivity contribution in [1.29, 1.82) is 0 Å². The van der Waals surface area contributed by atoms with Gasteiger partial charge < -0.3 is 10.3 Å². The molecule has 0 bridgehead atoms. The molecule has 0 saturated heterocycles. The standard InChI is InChI=1S/C22H19FN6O3S/c23-15-8-6-14(7-9-15)12-24-20(31)13-33-22-28-27-18(29(22)17-4-2-1-3-5-17)10-16-11-19(30)26-21(32)25-16/h1-9,11H,10,12-13H2,(H,24,31)(H2,25,26,30,32). The van der Waals surface area contributed by atoms with Crippen LogP contribution in [-0.2, 0) is 17.8 Å². The van der Waals surface area contributed by atoms with Gasteiger partial charge in [0.2, 0.25) is 5.91 Å². The Morgan fingerprint density at radius 2 is 1.79 bits per heavy atom. The van der Waals surface area contributed by atoms with E-state index in [1.165, 1.54) is 30.0 Å². The minimum Gasteiger partial charge on any atom is -0.351 e. The van der Waals surface area contributed by atoms with E-state index in [1.54, 1.807) is 16.7 Å². The average molecular weight is 466 g/mol. The van der Waals surface area contributed by atoms with E-state index in [0.29, 0.717) is 16.7 Å². The van der Waals surface area contributed by atoms with Crippen LogP contribution in [0.1, 0.15) is 17.1 Å². The van der Waals surface area contributed by atoms with Gasteiger partial charge in [0, 0.05) is 30.4 Å². The minimum atomic E-state index is -0.601. The molecule has 11 heteroatoms. The van der Waals surface area contributed by atoms with Gasteiger partial charge in [0.25, 0.3) is 5.56 Å². The highest BCUT2D eigenvalue weighted by atomic mass is 32.2. The quantitative estimate of drug-likeness (QED) is 0.340. The number of aromatic nitrogens is 5. The molecule has 0 fully saturated rings. The number of para-hydroxylation sites is 1. The molecule has 0 unspecified atom stereocenters. The molecule has 168 valence electrons. The molecule has 0 spiro atoms. The summed E-state index contributed by atoms with van der Waals surface area (Å²) in [6.45, 7) is 0.284. The summed E-state index contributed by atoms with van der Waals surface area (Å²) in [5, 5.41) is 11.7. The maximum atomic E-state index is 13.0. The highest BCUT2D eigenvalue weighted by Crippen LogP contribution is 2.23. The Labute approximate surface area is 191 Å². The molecule has 1 amide bonds. The molecular formula is C22H19FN6O3S. The number of aromatic amines is 2. The van der Waals surface area contributed by atoms with Gasteiger partial charge in [0.15, 0.2) is 5.16 Å². The molecule has 2 heterocycles. The van der Waals surface area contributed by atoms with Crippen LogP contribution in [-0.4, -0.2) is 36.4 Å². The first-order valence-corrected chi connectivity index (χ1v) is 10.9. The van der Waals surface area contributed by atoms with Crippen LogP contribution in [0, 0.1) is 5.82 Å². The molecule has 33 heavy (non-hydrogen) atoms. The predicted molar refractivity (Wildman–Crippen MR) is 121 cm³/mol. The number of thioether (sulfide) groups is 1. The van der Waals surface area contributed by atoms with E-state index in [0.717, 1.165) is 11.3 Å². The van der Waals surface area contributed by atoms with Crippen LogP contribution >= 0.6 is 11.8 Å². The van der Waals surface area contributed by atoms with Gasteiger partial charge in [-0.1, -0.05) is 42.1 Å². The van der Waals surface area contributed by atoms with Gasteiger partial charge in [-0.3, -0.25) is 19.1 Å². The van der Waals surface area contributed by atoms with E-state index in [2.05, 4.69) is 25.5 Å². The molecule has 3 N–H and O–H groups in total. The third-order valence-electron chi connectivity index (χ3n) is 4.61. The predicted octanol–water partition coefficient (Wildman–Crippen LogP) is 1.78. The molecule has 0 aliphatic heterocycles. The van der Waals surface area contributed by atoms with Crippen molar-refractivity contribution in [1.82, 2.24) is 30.0 Å². The fourth-order valence-corrected chi connectivity index (χ4v) is 3.91. The molecule has 0 radical (unpaired) electrons. The van der Waals surface area contributed by atoms with Crippen LogP contribution in [0.15, 0.2) is 75.4 Å². The van der Waals surface area contributed by atoms with Crippen LogP contribution in [0.3, 0.4) is 0 Å². The van der Waals surface area contributed by atoms with Crippen molar-refractivity contribution >= 4 is 17.7 Å². The zero-order valence-corrected chi connectivity index (χ0v) is 18.1. The minimum absolute atomic E-state index is 0.0913. The van der Waals surface area contributed by atoms with E-state index < -0.39 is 11.2 Å². The van der Waals surface area contributed by atoms with Gasteiger partial charge in [-0.05, 0) is 29.8 Å². The Bertz CT molecular complexity index is 1340. The summed E-state index contributed by atoms with van der Waals surface area (Å²) in [7, 11) is 0. The highest BCUT2D eigenvalue weighted by Gasteiger charge is 2.17. The van der Waals surface area contributed by atoms with Gasteiger partial charge in [0.1, 0.15) is 11.6 Å². The van der Waals surface area contributed by atoms with Gasteiger partial charge in [0.05, 0.1) is 5.75 Å². The molecule has 2 aromatic carbocycles. The third kappa shape index (κ3) is 5.83. The topological polar surface area (TPSA) is 126 Å². The largest absolute Gasteiger partial charge is 0.351 e. The molecule has 0 atom stereocenters. The summed E-state index contributed by atoms with van der Waals surface area (Å²) < 4.78 is 14.8. The Kier molecular flexibility index (Phi) is 6.79. The molecule has 2 aromatic heterocycles. The van der Waals surface area contributed by atoms with Crippen LogP contribution in [0.2, 0.25) is 0 Å². The van der Waals surface area contributed by atoms with Crippen molar-refractivity contribution in [3.63, 3.8) is 0 Å². The molecule has 4 aromatic rings. The number of hydrogen-bond acceptors (Lipinski definition) is 6. The number of nitrogens with one attached hydrogen (secondary N) is 3. The first kappa shape index (κ1) is 22.2. The number of amides is 1. The number of benzene rings is 2. The number of nitrogens with zero attached hydrogens (tertiary/aromatic N) is 3. The monoisotopic (exact) mass is 466 g/mol. The zero-order valence-electron chi connectivity index (χ0n) is 17.2. The Morgan fingerprint density at radius 3 is 2.52 bits per heavy atom. The highest BCUT2D eigenvalue weighted by molar-refractivity contribution is 7.99. The molecule has 0 aliphatic rings. The van der Waals surface area contributed by atoms with Crippen molar-refractivity contribution in [2.45, 2.75) is 18.1 Å². The van der Waals surface area contributed by atoms with E-state index >= 15 is 0 Å². The van der Waals surface area contributed by atoms with Crippen molar-refractivity contribution in [3.8, 4) is 5.69 Å². The van der Waals surface area contributed by atoms with Gasteiger partial charge >= 0.3 is 5.69 Å². The molecule has 4 rings (SSSR count). The van der Waals surface area contributed by atoms with Gasteiger partial charge in [-0.2, -0.15) is 0 Å². The Morgan fingerprint density at radius 1 is 1.03 bits per heavy atom. The lowest BCUT2D eigenvalue weighted by Crippen LogP contribution is -2.24. The van der Waals surface area contributed by atoms with E-state index in [-0.39, 0.29) is 30.4 Å². The molecule has 9 nitrogen and oxygen atoms in total. The van der Waals surface area contributed by atoms with Gasteiger partial charge in [-0.25, -0.2) is 9.18 Å². The van der Waals surface area contributed by atoms with Crippen LogP contribution < -0.4 is 16.6 Å². The van der Waals surface area contributed by atoms with Crippen molar-refractivity contribution in [3.05, 3.63) is 104 Å². The maximum Gasteiger partial charge on any atom is 0.325 e. The van der Waals surface area contributed by atoms with E-state index in [4.69, 9.17) is 0 Å². The first-order valence-electron chi connectivity index (χ1n) is 9.94. The zero-order chi connectivity index (χ0) is 23.2. The van der Waals surface area contributed by atoms with Gasteiger partial charge in [-0.15, -0.1) is 10.2 Å².